The van der Waals surface area contributed by atoms with E-state index in [0.29, 0.717) is 13.2 Å². The maximum absolute atomic E-state index is 12.6. The fourth-order valence-corrected chi connectivity index (χ4v) is 8.84. The van der Waals surface area contributed by atoms with Crippen molar-refractivity contribution in [3.05, 3.63) is 65.7 Å². The lowest BCUT2D eigenvalue weighted by Crippen LogP contribution is -2.52. The largest absolute Gasteiger partial charge is 0.497 e. The molecule has 2 aromatic carbocycles. The number of hydrogen-bond acceptors (Lipinski definition) is 7. The van der Waals surface area contributed by atoms with Gasteiger partial charge in [0, 0.05) is 17.8 Å². The van der Waals surface area contributed by atoms with Crippen LogP contribution in [0.2, 0.25) is 18.1 Å². The molecule has 46 heavy (non-hydrogen) atoms. The van der Waals surface area contributed by atoms with E-state index in [1.165, 1.54) is 0 Å². The molecule has 2 rings (SSSR count). The average Bonchev–Trinajstić information content (AvgIpc) is 3.06. The van der Waals surface area contributed by atoms with Crippen molar-refractivity contribution in [1.29, 1.82) is 0 Å². The Bertz CT molecular complexity index is 1120. The Kier molecular flexibility index (Phi) is 16.4. The van der Waals surface area contributed by atoms with Gasteiger partial charge in [-0.2, -0.15) is 0 Å². The minimum atomic E-state index is -2.11. The second-order valence-electron chi connectivity index (χ2n) is 13.9. The molecule has 8 heteroatoms. The Morgan fingerprint density at radius 2 is 1.30 bits per heavy atom. The minimum Gasteiger partial charge on any atom is -0.497 e. The highest BCUT2D eigenvalue weighted by atomic mass is 28.4. The molecule has 0 saturated carbocycles. The topological polar surface area (TPSA) is 83.5 Å². The van der Waals surface area contributed by atoms with Crippen molar-refractivity contribution in [2.45, 2.75) is 125 Å². The fourth-order valence-electron chi connectivity index (χ4n) is 5.83. The highest BCUT2D eigenvalue weighted by Gasteiger charge is 2.43. The summed E-state index contributed by atoms with van der Waals surface area (Å²) in [5.41, 5.74) is 1.52. The van der Waals surface area contributed by atoms with Gasteiger partial charge in [0.1, 0.15) is 12.4 Å². The number of benzene rings is 2. The van der Waals surface area contributed by atoms with Gasteiger partial charge in [0.2, 0.25) is 0 Å². The van der Waals surface area contributed by atoms with Crippen molar-refractivity contribution >= 4 is 14.3 Å². The minimum absolute atomic E-state index is 0.00654. The van der Waals surface area contributed by atoms with Crippen LogP contribution in [0.1, 0.15) is 80.4 Å². The smallest absolute Gasteiger partial charge is 0.311 e. The van der Waals surface area contributed by atoms with Gasteiger partial charge in [-0.15, -0.1) is 0 Å². The molecule has 0 bridgehead atoms. The number of hydrogen-bond donors (Lipinski definition) is 1. The van der Waals surface area contributed by atoms with Gasteiger partial charge < -0.3 is 28.5 Å². The van der Waals surface area contributed by atoms with E-state index in [9.17, 15) is 9.90 Å². The van der Waals surface area contributed by atoms with Crippen molar-refractivity contribution in [2.75, 3.05) is 13.7 Å². The Hall–Kier alpha value is -2.23. The van der Waals surface area contributed by atoms with E-state index in [0.717, 1.165) is 35.0 Å². The molecule has 7 atom stereocenters. The second kappa shape index (κ2) is 18.9. The summed E-state index contributed by atoms with van der Waals surface area (Å²) in [5.74, 6) is 0.0671. The fraction of sp³-hybridized carbons (Fsp3) is 0.658. The first-order chi connectivity index (χ1) is 21.7. The summed E-state index contributed by atoms with van der Waals surface area (Å²) < 4.78 is 31.4. The van der Waals surface area contributed by atoms with Gasteiger partial charge >= 0.3 is 5.97 Å². The number of rotatable bonds is 20. The lowest BCUT2D eigenvalue weighted by atomic mass is 9.80. The van der Waals surface area contributed by atoms with E-state index < -0.39 is 19.8 Å². The van der Waals surface area contributed by atoms with E-state index >= 15 is 0 Å². The van der Waals surface area contributed by atoms with Gasteiger partial charge in [-0.1, -0.05) is 84.0 Å². The van der Waals surface area contributed by atoms with Gasteiger partial charge in [-0.05, 0) is 69.1 Å². The van der Waals surface area contributed by atoms with E-state index in [1.807, 2.05) is 70.2 Å². The molecule has 0 aliphatic heterocycles. The molecule has 0 aliphatic rings. The van der Waals surface area contributed by atoms with Crippen LogP contribution >= 0.6 is 0 Å². The highest BCUT2D eigenvalue weighted by Crippen LogP contribution is 2.36. The average molecular weight is 659 g/mol. The summed E-state index contributed by atoms with van der Waals surface area (Å²) in [6.45, 7) is 21.4. The third kappa shape index (κ3) is 11.8. The van der Waals surface area contributed by atoms with Crippen LogP contribution in [0.5, 0.6) is 5.75 Å². The van der Waals surface area contributed by atoms with Crippen LogP contribution in [0.15, 0.2) is 54.6 Å². The number of aliphatic hydroxyl groups is 1. The summed E-state index contributed by atoms with van der Waals surface area (Å²) in [7, 11) is -0.450. The zero-order valence-electron chi connectivity index (χ0n) is 30.4. The summed E-state index contributed by atoms with van der Waals surface area (Å²) in [6.07, 6.45) is -1.57. The second-order valence-corrected chi connectivity index (χ2v) is 18.7. The Morgan fingerprint density at radius 1 is 0.761 bits per heavy atom. The van der Waals surface area contributed by atoms with E-state index in [1.54, 1.807) is 7.11 Å². The van der Waals surface area contributed by atoms with Crippen LogP contribution in [0, 0.1) is 23.2 Å². The zero-order valence-corrected chi connectivity index (χ0v) is 31.4. The molecule has 2 aromatic rings. The quantitative estimate of drug-likeness (QED) is 0.113. The van der Waals surface area contributed by atoms with Crippen LogP contribution in [-0.4, -0.2) is 57.5 Å². The normalized spacial score (nSPS) is 17.0. The van der Waals surface area contributed by atoms with Gasteiger partial charge in [-0.25, -0.2) is 0 Å². The molecule has 0 amide bonds. The van der Waals surface area contributed by atoms with Crippen molar-refractivity contribution in [1.82, 2.24) is 0 Å². The third-order valence-electron chi connectivity index (χ3n) is 9.69. The van der Waals surface area contributed by atoms with Crippen molar-refractivity contribution in [3.63, 3.8) is 0 Å². The maximum Gasteiger partial charge on any atom is 0.311 e. The summed E-state index contributed by atoms with van der Waals surface area (Å²) in [4.78, 5) is 12.6. The third-order valence-corrected chi connectivity index (χ3v) is 14.3. The van der Waals surface area contributed by atoms with Crippen molar-refractivity contribution in [2.24, 2.45) is 23.2 Å². The van der Waals surface area contributed by atoms with Gasteiger partial charge in [-0.3, -0.25) is 4.79 Å². The molecular weight excluding hydrogens is 596 g/mol. The number of carbonyl (C=O) groups excluding carboxylic acids is 1. The summed E-state index contributed by atoms with van der Waals surface area (Å²) in [5, 5.41) is 11.4. The van der Waals surface area contributed by atoms with Gasteiger partial charge in [0.25, 0.3) is 0 Å². The lowest BCUT2D eigenvalue weighted by Gasteiger charge is -2.44. The van der Waals surface area contributed by atoms with Crippen LogP contribution in [0.3, 0.4) is 0 Å². The lowest BCUT2D eigenvalue weighted by molar-refractivity contribution is -0.159. The van der Waals surface area contributed by atoms with Crippen LogP contribution < -0.4 is 4.74 Å². The molecule has 7 nitrogen and oxygen atoms in total. The molecule has 0 saturated heterocycles. The highest BCUT2D eigenvalue weighted by molar-refractivity contribution is 6.73. The molecule has 260 valence electrons. The monoisotopic (exact) mass is 658 g/mol. The predicted octanol–water partition coefficient (Wildman–Crippen LogP) is 8.43. The van der Waals surface area contributed by atoms with Crippen LogP contribution in [0.25, 0.3) is 0 Å². The first-order valence-corrected chi connectivity index (χ1v) is 19.7. The molecule has 1 unspecified atom stereocenters. The molecule has 0 aromatic heterocycles. The van der Waals surface area contributed by atoms with Crippen LogP contribution in [-0.2, 0) is 36.6 Å². The summed E-state index contributed by atoms with van der Waals surface area (Å²) >= 11 is 0. The SMILES string of the molecule is CC[Si](CC)(CC)O[C@@H]([C@@H](C)[C@H](OCc1ccc(OC)cc1)[C@@H](C)[C@H](C)OCc1ccccc1)[C@@H](C)C(O)COC(=O)C(C)(C)C. The molecule has 0 spiro atoms. The summed E-state index contributed by atoms with van der Waals surface area (Å²) in [6, 6.07) is 21.1. The van der Waals surface area contributed by atoms with Crippen molar-refractivity contribution in [3.8, 4) is 5.75 Å². The molecule has 1 N–H and O–H groups in total. The van der Waals surface area contributed by atoms with Gasteiger partial charge in [0.15, 0.2) is 8.32 Å². The Labute approximate surface area is 280 Å². The van der Waals surface area contributed by atoms with E-state index in [2.05, 4.69) is 53.7 Å². The number of carbonyl (C=O) groups is 1. The number of ether oxygens (including phenoxy) is 4. The first kappa shape index (κ1) is 39.9. The number of esters is 1. The number of methoxy groups -OCH3 is 1. The van der Waals surface area contributed by atoms with E-state index in [-0.39, 0.29) is 48.6 Å². The Balaban J connectivity index is 2.42. The molecule has 0 radical (unpaired) electrons. The van der Waals surface area contributed by atoms with Crippen molar-refractivity contribution < 1.29 is 33.3 Å². The maximum atomic E-state index is 12.6. The standard InChI is InChI=1S/C38H62O7Si/c1-12-46(13-2,14-3)45-36(28(5)34(39)26-44-37(40)38(8,9)10)29(6)35(43-25-32-20-22-33(41-11)23-21-32)27(4)30(7)42-24-31-18-16-15-17-19-31/h15-23,27-30,34-36,39H,12-14,24-26H2,1-11H3/t27-,28-,29-,30-,34?,35+,36+/m0/s1. The molecule has 0 heterocycles. The van der Waals surface area contributed by atoms with Gasteiger partial charge in [0.05, 0.1) is 50.2 Å². The van der Waals surface area contributed by atoms with Crippen LogP contribution in [0.4, 0.5) is 0 Å². The first-order valence-electron chi connectivity index (χ1n) is 17.1. The molecular formula is C38H62O7Si. The molecule has 0 aliphatic carbocycles. The predicted molar refractivity (Wildman–Crippen MR) is 188 cm³/mol. The molecule has 0 fully saturated rings. The zero-order chi connectivity index (χ0) is 34.5. The number of aliphatic hydroxyl groups excluding tert-OH is 1. The van der Waals surface area contributed by atoms with E-state index in [4.69, 9.17) is 23.4 Å². The Morgan fingerprint density at radius 3 is 1.83 bits per heavy atom.